The zero-order chi connectivity index (χ0) is 13.1. The highest BCUT2D eigenvalue weighted by Gasteiger charge is 2.30. The third-order valence-electron chi connectivity index (χ3n) is 4.09. The summed E-state index contributed by atoms with van der Waals surface area (Å²) in [5, 5.41) is 8.91. The molecule has 0 aromatic heterocycles. The molecule has 0 aromatic rings. The number of likely N-dealkylation sites (tertiary alicyclic amines) is 1. The SMILES string of the molecule is CC1CCC(=CC(=O)N2CC[C@H](C(=O)O)C2)CC1. The number of aliphatic carboxylic acids is 1. The van der Waals surface area contributed by atoms with Crippen molar-refractivity contribution in [3.8, 4) is 0 Å². The number of allylic oxidation sites excluding steroid dienone is 1. The van der Waals surface area contributed by atoms with Crippen LogP contribution in [-0.4, -0.2) is 35.0 Å². The number of hydrogen-bond acceptors (Lipinski definition) is 2. The smallest absolute Gasteiger partial charge is 0.308 e. The van der Waals surface area contributed by atoms with Crippen molar-refractivity contribution in [2.24, 2.45) is 11.8 Å². The van der Waals surface area contributed by atoms with E-state index < -0.39 is 5.97 Å². The number of hydrogen-bond donors (Lipinski definition) is 1. The van der Waals surface area contributed by atoms with E-state index in [-0.39, 0.29) is 11.8 Å². The summed E-state index contributed by atoms with van der Waals surface area (Å²) in [7, 11) is 0. The van der Waals surface area contributed by atoms with Crippen molar-refractivity contribution in [1.29, 1.82) is 0 Å². The molecule has 4 nitrogen and oxygen atoms in total. The Morgan fingerprint density at radius 1 is 1.28 bits per heavy atom. The van der Waals surface area contributed by atoms with Gasteiger partial charge in [-0.05, 0) is 38.0 Å². The average molecular weight is 251 g/mol. The fourth-order valence-corrected chi connectivity index (χ4v) is 2.71. The van der Waals surface area contributed by atoms with Gasteiger partial charge in [0.2, 0.25) is 5.91 Å². The number of rotatable bonds is 2. The minimum atomic E-state index is -0.788. The maximum absolute atomic E-state index is 12.0. The zero-order valence-electron chi connectivity index (χ0n) is 10.9. The van der Waals surface area contributed by atoms with Crippen LogP contribution < -0.4 is 0 Å². The molecule has 1 saturated carbocycles. The highest BCUT2D eigenvalue weighted by atomic mass is 16.4. The van der Waals surface area contributed by atoms with Gasteiger partial charge in [0, 0.05) is 19.2 Å². The first-order chi connectivity index (χ1) is 8.56. The maximum Gasteiger partial charge on any atom is 0.308 e. The lowest BCUT2D eigenvalue weighted by molar-refractivity contribution is -0.141. The lowest BCUT2D eigenvalue weighted by Gasteiger charge is -2.21. The molecule has 1 heterocycles. The van der Waals surface area contributed by atoms with Gasteiger partial charge in [0.25, 0.3) is 0 Å². The first-order valence-electron chi connectivity index (χ1n) is 6.77. The van der Waals surface area contributed by atoms with Gasteiger partial charge in [-0.1, -0.05) is 12.5 Å². The van der Waals surface area contributed by atoms with Gasteiger partial charge in [0.15, 0.2) is 0 Å². The number of carbonyl (C=O) groups excluding carboxylic acids is 1. The van der Waals surface area contributed by atoms with E-state index >= 15 is 0 Å². The molecule has 18 heavy (non-hydrogen) atoms. The minimum absolute atomic E-state index is 0.00306. The van der Waals surface area contributed by atoms with Crippen molar-refractivity contribution < 1.29 is 14.7 Å². The van der Waals surface area contributed by atoms with Crippen LogP contribution in [0.1, 0.15) is 39.0 Å². The molecule has 0 spiro atoms. The van der Waals surface area contributed by atoms with Gasteiger partial charge in [-0.15, -0.1) is 0 Å². The van der Waals surface area contributed by atoms with Crippen LogP contribution in [0.25, 0.3) is 0 Å². The molecule has 2 fully saturated rings. The van der Waals surface area contributed by atoms with E-state index in [0.29, 0.717) is 19.5 Å². The van der Waals surface area contributed by atoms with E-state index in [2.05, 4.69) is 6.92 Å². The number of carboxylic acid groups (broad SMARTS) is 1. The number of amides is 1. The number of nitrogens with zero attached hydrogens (tertiary/aromatic N) is 1. The molecule has 1 aliphatic carbocycles. The van der Waals surface area contributed by atoms with Crippen LogP contribution in [0.4, 0.5) is 0 Å². The summed E-state index contributed by atoms with van der Waals surface area (Å²) < 4.78 is 0. The second-order valence-electron chi connectivity index (χ2n) is 5.59. The third-order valence-corrected chi connectivity index (χ3v) is 4.09. The van der Waals surface area contributed by atoms with Crippen molar-refractivity contribution in [3.63, 3.8) is 0 Å². The zero-order valence-corrected chi connectivity index (χ0v) is 10.9. The molecule has 0 bridgehead atoms. The van der Waals surface area contributed by atoms with Crippen LogP contribution >= 0.6 is 0 Å². The molecular weight excluding hydrogens is 230 g/mol. The van der Waals surface area contributed by atoms with Gasteiger partial charge < -0.3 is 10.0 Å². The molecular formula is C14H21NO3. The monoisotopic (exact) mass is 251 g/mol. The predicted octanol–water partition coefficient (Wildman–Crippen LogP) is 2.06. The van der Waals surface area contributed by atoms with Crippen molar-refractivity contribution in [1.82, 2.24) is 4.90 Å². The molecule has 0 aromatic carbocycles. The van der Waals surface area contributed by atoms with Crippen LogP contribution in [0.2, 0.25) is 0 Å². The largest absolute Gasteiger partial charge is 0.481 e. The Kier molecular flexibility index (Phi) is 4.04. The number of carbonyl (C=O) groups is 2. The van der Waals surface area contributed by atoms with Crippen LogP contribution in [0, 0.1) is 11.8 Å². The Labute approximate surface area is 108 Å². The summed E-state index contributed by atoms with van der Waals surface area (Å²) in [6.07, 6.45) is 6.69. The summed E-state index contributed by atoms with van der Waals surface area (Å²) >= 11 is 0. The highest BCUT2D eigenvalue weighted by Crippen LogP contribution is 2.28. The molecule has 1 saturated heterocycles. The first kappa shape index (κ1) is 13.1. The normalized spacial score (nSPS) is 28.3. The van der Waals surface area contributed by atoms with Gasteiger partial charge >= 0.3 is 5.97 Å². The van der Waals surface area contributed by atoms with Crippen molar-refractivity contribution in [2.75, 3.05) is 13.1 Å². The summed E-state index contributed by atoms with van der Waals surface area (Å²) in [6.45, 7) is 3.20. The summed E-state index contributed by atoms with van der Waals surface area (Å²) in [6, 6.07) is 0. The van der Waals surface area contributed by atoms with Gasteiger partial charge in [-0.25, -0.2) is 0 Å². The first-order valence-corrected chi connectivity index (χ1v) is 6.77. The average Bonchev–Trinajstić information content (AvgIpc) is 2.81. The van der Waals surface area contributed by atoms with E-state index in [1.807, 2.05) is 0 Å². The highest BCUT2D eigenvalue weighted by molar-refractivity contribution is 5.89. The fraction of sp³-hybridized carbons (Fsp3) is 0.714. The molecule has 0 unspecified atom stereocenters. The van der Waals surface area contributed by atoms with Gasteiger partial charge in [0.1, 0.15) is 0 Å². The summed E-state index contributed by atoms with van der Waals surface area (Å²) in [4.78, 5) is 24.5. The Morgan fingerprint density at radius 2 is 1.94 bits per heavy atom. The van der Waals surface area contributed by atoms with Gasteiger partial charge in [0.05, 0.1) is 5.92 Å². The van der Waals surface area contributed by atoms with Crippen LogP contribution in [0.5, 0.6) is 0 Å². The van der Waals surface area contributed by atoms with E-state index in [1.54, 1.807) is 11.0 Å². The van der Waals surface area contributed by atoms with Crippen molar-refractivity contribution >= 4 is 11.9 Å². The van der Waals surface area contributed by atoms with E-state index in [1.165, 1.54) is 5.57 Å². The fourth-order valence-electron chi connectivity index (χ4n) is 2.71. The predicted molar refractivity (Wildman–Crippen MR) is 68.0 cm³/mol. The Hall–Kier alpha value is -1.32. The van der Waals surface area contributed by atoms with Crippen molar-refractivity contribution in [3.05, 3.63) is 11.6 Å². The molecule has 1 N–H and O–H groups in total. The second-order valence-corrected chi connectivity index (χ2v) is 5.59. The van der Waals surface area contributed by atoms with E-state index in [9.17, 15) is 9.59 Å². The minimum Gasteiger partial charge on any atom is -0.481 e. The lowest BCUT2D eigenvalue weighted by atomic mass is 9.87. The summed E-state index contributed by atoms with van der Waals surface area (Å²) in [5.41, 5.74) is 1.23. The van der Waals surface area contributed by atoms with E-state index in [0.717, 1.165) is 31.6 Å². The van der Waals surface area contributed by atoms with Crippen LogP contribution in [0.3, 0.4) is 0 Å². The van der Waals surface area contributed by atoms with Crippen LogP contribution in [-0.2, 0) is 9.59 Å². The Morgan fingerprint density at radius 3 is 2.50 bits per heavy atom. The van der Waals surface area contributed by atoms with E-state index in [4.69, 9.17) is 5.11 Å². The number of carboxylic acids is 1. The van der Waals surface area contributed by atoms with Crippen LogP contribution in [0.15, 0.2) is 11.6 Å². The van der Waals surface area contributed by atoms with Gasteiger partial charge in [-0.2, -0.15) is 0 Å². The Balaban J connectivity index is 1.89. The third kappa shape index (κ3) is 3.12. The second kappa shape index (κ2) is 5.55. The molecule has 1 aliphatic heterocycles. The molecule has 2 rings (SSSR count). The Bertz CT molecular complexity index is 365. The molecule has 4 heteroatoms. The molecule has 1 amide bonds. The maximum atomic E-state index is 12.0. The van der Waals surface area contributed by atoms with Crippen molar-refractivity contribution in [2.45, 2.75) is 39.0 Å². The molecule has 100 valence electrons. The van der Waals surface area contributed by atoms with Gasteiger partial charge in [-0.3, -0.25) is 9.59 Å². The molecule has 2 aliphatic rings. The lowest BCUT2D eigenvalue weighted by Crippen LogP contribution is -2.28. The quantitative estimate of drug-likeness (QED) is 0.764. The topological polar surface area (TPSA) is 57.6 Å². The molecule has 0 radical (unpaired) electrons. The molecule has 1 atom stereocenters. The summed E-state index contributed by atoms with van der Waals surface area (Å²) in [5.74, 6) is -0.396. The standard InChI is InChI=1S/C14H21NO3/c1-10-2-4-11(5-3-10)8-13(16)15-7-6-12(9-15)14(17)18/h8,10,12H,2-7,9H2,1H3,(H,17,18)/t10?,12-/m0/s1.